The zero-order valence-corrected chi connectivity index (χ0v) is 17.5. The molecule has 1 N–H and O–H groups in total. The van der Waals surface area contributed by atoms with Gasteiger partial charge in [-0.2, -0.15) is 0 Å². The minimum atomic E-state index is -0.379. The number of carbonyl (C=O) groups excluding carboxylic acids is 2. The van der Waals surface area contributed by atoms with Gasteiger partial charge in [-0.25, -0.2) is 4.39 Å². The summed E-state index contributed by atoms with van der Waals surface area (Å²) in [7, 11) is 0. The van der Waals surface area contributed by atoms with Crippen molar-refractivity contribution in [2.24, 2.45) is 0 Å². The maximum absolute atomic E-state index is 13.0. The largest absolute Gasteiger partial charge is 0.368 e. The Morgan fingerprint density at radius 2 is 1.35 bits per heavy atom. The Kier molecular flexibility index (Phi) is 6.18. The van der Waals surface area contributed by atoms with E-state index in [-0.39, 0.29) is 17.6 Å². The van der Waals surface area contributed by atoms with Crippen LogP contribution in [0.5, 0.6) is 0 Å². The number of hydrogen-bond donors (Lipinski definition) is 1. The van der Waals surface area contributed by atoms with Gasteiger partial charge < -0.3 is 15.1 Å². The van der Waals surface area contributed by atoms with Crippen molar-refractivity contribution in [3.8, 4) is 0 Å². The molecule has 0 bridgehead atoms. The maximum Gasteiger partial charge on any atom is 0.255 e. The quantitative estimate of drug-likeness (QED) is 0.644. The van der Waals surface area contributed by atoms with E-state index in [1.807, 2.05) is 29.2 Å². The minimum absolute atomic E-state index is 0.00942. The van der Waals surface area contributed by atoms with Crippen LogP contribution in [-0.4, -0.2) is 42.9 Å². The number of piperazine rings is 1. The normalized spacial score (nSPS) is 13.7. The lowest BCUT2D eigenvalue weighted by Gasteiger charge is -2.36. The van der Waals surface area contributed by atoms with Gasteiger partial charge in [0.2, 0.25) is 0 Å². The van der Waals surface area contributed by atoms with Crippen LogP contribution in [0, 0.1) is 5.82 Å². The summed E-state index contributed by atoms with van der Waals surface area (Å²) in [6.45, 7) is 2.70. The zero-order valence-electron chi connectivity index (χ0n) is 16.7. The van der Waals surface area contributed by atoms with Crippen LogP contribution < -0.4 is 10.2 Å². The first-order chi connectivity index (χ1) is 15.0. The Labute approximate surface area is 185 Å². The molecule has 2 amide bonds. The van der Waals surface area contributed by atoms with E-state index in [4.69, 9.17) is 11.6 Å². The second-order valence-electron chi connectivity index (χ2n) is 7.29. The molecule has 1 saturated heterocycles. The van der Waals surface area contributed by atoms with Gasteiger partial charge in [-0.1, -0.05) is 11.6 Å². The lowest BCUT2D eigenvalue weighted by atomic mass is 10.1. The Balaban J connectivity index is 1.33. The number of amides is 2. The van der Waals surface area contributed by atoms with E-state index in [9.17, 15) is 14.0 Å². The Bertz CT molecular complexity index is 1060. The summed E-state index contributed by atoms with van der Waals surface area (Å²) in [6, 6.07) is 19.9. The predicted octanol–water partition coefficient (Wildman–Crippen LogP) is 4.69. The molecule has 0 radical (unpaired) electrons. The van der Waals surface area contributed by atoms with Gasteiger partial charge in [0.1, 0.15) is 5.82 Å². The highest BCUT2D eigenvalue weighted by Crippen LogP contribution is 2.21. The van der Waals surface area contributed by atoms with E-state index >= 15 is 0 Å². The number of halogens is 2. The smallest absolute Gasteiger partial charge is 0.255 e. The van der Waals surface area contributed by atoms with E-state index in [0.717, 1.165) is 18.8 Å². The standard InChI is InChI=1S/C24H21ClFN3O2/c25-19-5-1-18(2-6-19)24(31)29-15-13-28(14-16-29)22-11-9-21(10-12-22)27-23(30)17-3-7-20(26)8-4-17/h1-12H,13-16H2,(H,27,30). The van der Waals surface area contributed by atoms with Crippen molar-refractivity contribution in [1.29, 1.82) is 0 Å². The fourth-order valence-corrected chi connectivity index (χ4v) is 3.63. The highest BCUT2D eigenvalue weighted by molar-refractivity contribution is 6.30. The molecule has 1 aliphatic heterocycles. The summed E-state index contributed by atoms with van der Waals surface area (Å²) in [5.74, 6) is -0.659. The van der Waals surface area contributed by atoms with Crippen LogP contribution in [0.25, 0.3) is 0 Å². The lowest BCUT2D eigenvalue weighted by molar-refractivity contribution is 0.0746. The van der Waals surface area contributed by atoms with Crippen LogP contribution in [0.4, 0.5) is 15.8 Å². The minimum Gasteiger partial charge on any atom is -0.368 e. The summed E-state index contributed by atoms with van der Waals surface area (Å²) in [6.07, 6.45) is 0. The van der Waals surface area contributed by atoms with Crippen molar-refractivity contribution in [3.05, 3.63) is 94.8 Å². The fraction of sp³-hybridized carbons (Fsp3) is 0.167. The topological polar surface area (TPSA) is 52.7 Å². The Hall–Kier alpha value is -3.38. The molecule has 31 heavy (non-hydrogen) atoms. The number of anilines is 2. The van der Waals surface area contributed by atoms with Crippen molar-refractivity contribution in [3.63, 3.8) is 0 Å². The van der Waals surface area contributed by atoms with Crippen LogP contribution in [0.15, 0.2) is 72.8 Å². The first-order valence-corrected chi connectivity index (χ1v) is 10.3. The molecule has 3 aromatic carbocycles. The predicted molar refractivity (Wildman–Crippen MR) is 120 cm³/mol. The van der Waals surface area contributed by atoms with Gasteiger partial charge >= 0.3 is 0 Å². The van der Waals surface area contributed by atoms with Crippen LogP contribution in [0.1, 0.15) is 20.7 Å². The third-order valence-corrected chi connectivity index (χ3v) is 5.51. The third kappa shape index (κ3) is 5.03. The van der Waals surface area contributed by atoms with E-state index < -0.39 is 0 Å². The number of nitrogens with zero attached hydrogens (tertiary/aromatic N) is 2. The molecule has 3 aromatic rings. The molecule has 1 fully saturated rings. The van der Waals surface area contributed by atoms with E-state index in [0.29, 0.717) is 34.9 Å². The van der Waals surface area contributed by atoms with Crippen LogP contribution in [0.2, 0.25) is 5.02 Å². The molecule has 0 saturated carbocycles. The van der Waals surface area contributed by atoms with Crippen molar-refractivity contribution >= 4 is 34.8 Å². The molecular weight excluding hydrogens is 417 g/mol. The lowest BCUT2D eigenvalue weighted by Crippen LogP contribution is -2.48. The van der Waals surface area contributed by atoms with Gasteiger partial charge in [0.25, 0.3) is 11.8 Å². The van der Waals surface area contributed by atoms with Crippen molar-refractivity contribution in [2.75, 3.05) is 36.4 Å². The molecule has 5 nitrogen and oxygen atoms in total. The number of rotatable bonds is 4. The summed E-state index contributed by atoms with van der Waals surface area (Å²) < 4.78 is 13.0. The van der Waals surface area contributed by atoms with Crippen molar-refractivity contribution < 1.29 is 14.0 Å². The average molecular weight is 438 g/mol. The van der Waals surface area contributed by atoms with Crippen molar-refractivity contribution in [2.45, 2.75) is 0 Å². The summed E-state index contributed by atoms with van der Waals surface area (Å²) in [5, 5.41) is 3.42. The molecule has 1 aliphatic rings. The fourth-order valence-electron chi connectivity index (χ4n) is 3.50. The van der Waals surface area contributed by atoms with Gasteiger partial charge in [-0.05, 0) is 72.8 Å². The molecule has 0 atom stereocenters. The summed E-state index contributed by atoms with van der Waals surface area (Å²) >= 11 is 5.90. The molecule has 4 rings (SSSR count). The van der Waals surface area contributed by atoms with E-state index in [1.165, 1.54) is 24.3 Å². The maximum atomic E-state index is 13.0. The third-order valence-electron chi connectivity index (χ3n) is 5.25. The molecule has 7 heteroatoms. The second-order valence-corrected chi connectivity index (χ2v) is 7.73. The van der Waals surface area contributed by atoms with E-state index in [1.54, 1.807) is 24.3 Å². The average Bonchev–Trinajstić information content (AvgIpc) is 2.80. The summed E-state index contributed by atoms with van der Waals surface area (Å²) in [5.41, 5.74) is 2.72. The van der Waals surface area contributed by atoms with Crippen LogP contribution >= 0.6 is 11.6 Å². The molecule has 0 unspecified atom stereocenters. The number of nitrogens with one attached hydrogen (secondary N) is 1. The molecule has 0 aliphatic carbocycles. The molecular formula is C24H21ClFN3O2. The molecule has 0 aromatic heterocycles. The van der Waals surface area contributed by atoms with Crippen molar-refractivity contribution in [1.82, 2.24) is 4.90 Å². The van der Waals surface area contributed by atoms with Gasteiger partial charge in [0.05, 0.1) is 0 Å². The first-order valence-electron chi connectivity index (χ1n) is 9.96. The van der Waals surface area contributed by atoms with Crippen LogP contribution in [0.3, 0.4) is 0 Å². The molecule has 0 spiro atoms. The van der Waals surface area contributed by atoms with Gasteiger partial charge in [0, 0.05) is 53.7 Å². The number of carbonyl (C=O) groups is 2. The molecule has 158 valence electrons. The number of benzene rings is 3. The first kappa shape index (κ1) is 20.9. The second kappa shape index (κ2) is 9.18. The van der Waals surface area contributed by atoms with Gasteiger partial charge in [-0.3, -0.25) is 9.59 Å². The molecule has 1 heterocycles. The highest BCUT2D eigenvalue weighted by Gasteiger charge is 2.22. The number of hydrogen-bond acceptors (Lipinski definition) is 3. The SMILES string of the molecule is O=C(Nc1ccc(N2CCN(C(=O)c3ccc(Cl)cc3)CC2)cc1)c1ccc(F)cc1. The highest BCUT2D eigenvalue weighted by atomic mass is 35.5. The summed E-state index contributed by atoms with van der Waals surface area (Å²) in [4.78, 5) is 28.9. The van der Waals surface area contributed by atoms with Crippen LogP contribution in [-0.2, 0) is 0 Å². The van der Waals surface area contributed by atoms with Gasteiger partial charge in [0.15, 0.2) is 0 Å². The van der Waals surface area contributed by atoms with E-state index in [2.05, 4.69) is 10.2 Å². The monoisotopic (exact) mass is 437 g/mol. The Morgan fingerprint density at radius 3 is 1.97 bits per heavy atom. The Morgan fingerprint density at radius 1 is 0.774 bits per heavy atom. The van der Waals surface area contributed by atoms with Gasteiger partial charge in [-0.15, -0.1) is 0 Å². The zero-order chi connectivity index (χ0) is 21.8.